The molecule has 1 heterocycles. The predicted octanol–water partition coefficient (Wildman–Crippen LogP) is 6.33. The number of methoxy groups -OCH3 is 1. The number of hydrogen-bond donors (Lipinski definition) is 7. The van der Waals surface area contributed by atoms with Crippen molar-refractivity contribution >= 4 is 110 Å². The van der Waals surface area contributed by atoms with Gasteiger partial charge in [0.1, 0.15) is 32.7 Å². The van der Waals surface area contributed by atoms with Crippen molar-refractivity contribution in [2.45, 2.75) is 27.7 Å². The van der Waals surface area contributed by atoms with Gasteiger partial charge in [-0.1, -0.05) is 0 Å². The lowest BCUT2D eigenvalue weighted by Crippen LogP contribution is -2.35. The molecule has 0 saturated carbocycles. The minimum Gasteiger partial charge on any atom is -0.507 e. The second kappa shape index (κ2) is 17.3. The monoisotopic (exact) mass is 975 g/mol. The Balaban J connectivity index is 1.20. The maximum absolute atomic E-state index is 13.3. The number of aromatic carboxylic acids is 1. The number of rotatable bonds is 13. The highest BCUT2D eigenvalue weighted by Crippen LogP contribution is 2.45. The first kappa shape index (κ1) is 46.8. The number of azo groups is 3. The zero-order valence-corrected chi connectivity index (χ0v) is 36.3. The smallest absolute Gasteiger partial charge is 0.335 e. The third-order valence-corrected chi connectivity index (χ3v) is 12.3. The molecule has 0 fully saturated rings. The normalized spacial score (nSPS) is 14.8. The average Bonchev–Trinajstić information content (AvgIpc) is 3.59. The number of ether oxygens (including phenoxy) is 1. The lowest BCUT2D eigenvalue weighted by atomic mass is 10.1. The third kappa shape index (κ3) is 9.36. The Kier molecular flexibility index (Phi) is 12.1. The van der Waals surface area contributed by atoms with E-state index in [9.17, 15) is 68.6 Å². The van der Waals surface area contributed by atoms with E-state index in [2.05, 4.69) is 35.8 Å². The Hall–Kier alpha value is -8.15. The second-order valence-electron chi connectivity index (χ2n) is 14.0. The highest BCUT2D eigenvalue weighted by Gasteiger charge is 2.40. The SMILES string of the molecule is COc1cc(/N=N/c2ccc(S(=O)(=O)O)c3cc(S(=O)(=O)O)cc(O)c23)c(C)cc1/N=N/c1c(S(=O)(=O)O)cc2cc(/N=N/C3C(=O)N(c4ccc(C(=O)O)cc4)N=C3C(N)=O)ccc2c1O. The molecule has 8 N–H and O–H groups in total. The number of phenols is 2. The number of amides is 2. The van der Waals surface area contributed by atoms with Crippen molar-refractivity contribution in [2.24, 2.45) is 41.5 Å². The highest BCUT2D eigenvalue weighted by atomic mass is 32.2. The summed E-state index contributed by atoms with van der Waals surface area (Å²) in [6.45, 7) is 1.52. The van der Waals surface area contributed by atoms with E-state index >= 15 is 0 Å². The van der Waals surface area contributed by atoms with E-state index in [1.165, 1.54) is 68.6 Å². The Bertz CT molecular complexity index is 3620. The molecule has 1 aliphatic rings. The quantitative estimate of drug-likeness (QED) is 0.0491. The van der Waals surface area contributed by atoms with Gasteiger partial charge in [0.2, 0.25) is 6.04 Å². The summed E-state index contributed by atoms with van der Waals surface area (Å²) < 4.78 is 108. The van der Waals surface area contributed by atoms with Crippen LogP contribution < -0.4 is 15.5 Å². The summed E-state index contributed by atoms with van der Waals surface area (Å²) in [5.74, 6) is -4.85. The van der Waals surface area contributed by atoms with Gasteiger partial charge in [-0.2, -0.15) is 50.7 Å². The number of phenolic OH excluding ortho intramolecular Hbond substituents is 2. The first-order valence-corrected chi connectivity index (χ1v) is 22.7. The van der Waals surface area contributed by atoms with Crippen molar-refractivity contribution in [1.29, 1.82) is 0 Å². The van der Waals surface area contributed by atoms with E-state index in [4.69, 9.17) is 10.5 Å². The van der Waals surface area contributed by atoms with Gasteiger partial charge < -0.3 is 25.8 Å². The maximum atomic E-state index is 13.3. The zero-order chi connectivity index (χ0) is 48.9. The molecule has 0 saturated heterocycles. The minimum absolute atomic E-state index is 0.0242. The molecule has 0 radical (unpaired) electrons. The number of hydrazone groups is 1. The number of hydrogen-bond acceptors (Lipinski definition) is 19. The van der Waals surface area contributed by atoms with Gasteiger partial charge in [0.05, 0.1) is 45.7 Å². The molecule has 28 heteroatoms. The molecule has 344 valence electrons. The van der Waals surface area contributed by atoms with Crippen LogP contribution in [0.15, 0.2) is 135 Å². The lowest BCUT2D eigenvalue weighted by molar-refractivity contribution is -0.118. The van der Waals surface area contributed by atoms with Crippen LogP contribution in [0.3, 0.4) is 0 Å². The number of nitrogens with zero attached hydrogens (tertiary/aromatic N) is 8. The minimum atomic E-state index is -5.14. The number of nitrogens with two attached hydrogens (primary N) is 1. The van der Waals surface area contributed by atoms with Gasteiger partial charge in [-0.25, -0.2) is 4.79 Å². The largest absolute Gasteiger partial charge is 0.507 e. The highest BCUT2D eigenvalue weighted by molar-refractivity contribution is 7.86. The molecule has 1 atom stereocenters. The van der Waals surface area contributed by atoms with Crippen molar-refractivity contribution in [3.8, 4) is 17.2 Å². The molecule has 0 spiro atoms. The number of aryl methyl sites for hydroxylation is 1. The Morgan fingerprint density at radius 2 is 1.39 bits per heavy atom. The molecule has 0 bridgehead atoms. The van der Waals surface area contributed by atoms with Crippen molar-refractivity contribution in [2.75, 3.05) is 12.1 Å². The molecule has 67 heavy (non-hydrogen) atoms. The van der Waals surface area contributed by atoms with Crippen molar-refractivity contribution < 1.29 is 73.4 Å². The zero-order valence-electron chi connectivity index (χ0n) is 33.8. The Morgan fingerprint density at radius 1 is 0.731 bits per heavy atom. The molecule has 6 aromatic carbocycles. The summed E-state index contributed by atoms with van der Waals surface area (Å²) in [6.07, 6.45) is 0. The van der Waals surface area contributed by atoms with Gasteiger partial charge in [0.25, 0.3) is 42.2 Å². The number of fused-ring (bicyclic) bond motifs is 2. The molecular formula is C39H29N9O16S3. The van der Waals surface area contributed by atoms with Gasteiger partial charge in [0.15, 0.2) is 11.5 Å². The fourth-order valence-corrected chi connectivity index (χ4v) is 8.42. The standard InChI is InChI=1S/C39H29N9O16S3/c1-17-11-27(29(64-2)16-26(17)43-42-25-9-10-30(66(58,59)60)24-14-22(65(55,56)57)15-28(49)32(24)25)44-45-33-31(67(61,62)63)13-19-12-20(5-8-23(19)36(33)50)41-46-35-34(37(40)51)47-48(38(35)52)21-6-3-18(4-7-21)39(53)54/h3-16,35,49-50H,1-2H3,(H2,40,51)(H,53,54)(H,55,56,57)(H,58,59,60)(H,61,62,63)/b43-42+,45-44+,46-41+. The number of aromatic hydroxyl groups is 2. The van der Waals surface area contributed by atoms with Crippen LogP contribution in [0.2, 0.25) is 0 Å². The van der Waals surface area contributed by atoms with Crippen LogP contribution in [0.4, 0.5) is 34.1 Å². The second-order valence-corrected chi connectivity index (χ2v) is 18.2. The van der Waals surface area contributed by atoms with Crippen LogP contribution in [0.1, 0.15) is 15.9 Å². The van der Waals surface area contributed by atoms with Gasteiger partial charge in [-0.15, -0.1) is 15.3 Å². The molecule has 1 aliphatic heterocycles. The van der Waals surface area contributed by atoms with E-state index in [0.717, 1.165) is 23.2 Å². The summed E-state index contributed by atoms with van der Waals surface area (Å²) in [5, 5.41) is 59.0. The van der Waals surface area contributed by atoms with Crippen LogP contribution in [0, 0.1) is 6.92 Å². The van der Waals surface area contributed by atoms with Crippen molar-refractivity contribution in [3.05, 3.63) is 96.1 Å². The number of carbonyl (C=O) groups excluding carboxylic acids is 2. The number of anilines is 1. The Morgan fingerprint density at radius 3 is 2.00 bits per heavy atom. The fraction of sp³-hybridized carbons (Fsp3) is 0.0769. The van der Waals surface area contributed by atoms with Crippen molar-refractivity contribution in [1.82, 2.24) is 0 Å². The number of carboxylic acid groups (broad SMARTS) is 1. The van der Waals surface area contributed by atoms with E-state index in [-0.39, 0.29) is 55.9 Å². The van der Waals surface area contributed by atoms with Crippen molar-refractivity contribution in [3.63, 3.8) is 0 Å². The van der Waals surface area contributed by atoms with Crippen LogP contribution in [-0.4, -0.2) is 90.9 Å². The summed E-state index contributed by atoms with van der Waals surface area (Å²) >= 11 is 0. The van der Waals surface area contributed by atoms with Crippen LogP contribution in [0.25, 0.3) is 21.5 Å². The molecule has 2 amide bonds. The number of carboxylic acids is 1. The average molecular weight is 976 g/mol. The molecular weight excluding hydrogens is 947 g/mol. The van der Waals surface area contributed by atoms with Gasteiger partial charge in [-0.3, -0.25) is 23.2 Å². The first-order chi connectivity index (χ1) is 31.4. The summed E-state index contributed by atoms with van der Waals surface area (Å²) in [7, 11) is -13.9. The van der Waals surface area contributed by atoms with E-state index < -0.39 is 97.2 Å². The van der Waals surface area contributed by atoms with E-state index in [0.29, 0.717) is 17.7 Å². The van der Waals surface area contributed by atoms with Crippen LogP contribution in [0.5, 0.6) is 17.2 Å². The van der Waals surface area contributed by atoms with E-state index in [1.54, 1.807) is 0 Å². The van der Waals surface area contributed by atoms with Gasteiger partial charge >= 0.3 is 5.97 Å². The maximum Gasteiger partial charge on any atom is 0.335 e. The summed E-state index contributed by atoms with van der Waals surface area (Å²) in [5.41, 5.74) is 4.33. The molecule has 7 rings (SSSR count). The topological polar surface area (TPSA) is 400 Å². The molecule has 1 unspecified atom stereocenters. The summed E-state index contributed by atoms with van der Waals surface area (Å²) in [4.78, 5) is 34.1. The first-order valence-electron chi connectivity index (χ1n) is 18.4. The number of carbonyl (C=O) groups is 3. The molecule has 25 nitrogen and oxygen atoms in total. The molecule has 6 aromatic rings. The molecule has 0 aliphatic carbocycles. The number of primary amides is 1. The number of benzene rings is 6. The fourth-order valence-electron chi connectivity index (χ4n) is 6.55. The van der Waals surface area contributed by atoms with E-state index in [1.807, 2.05) is 0 Å². The Labute approximate surface area is 376 Å². The van der Waals surface area contributed by atoms with Gasteiger partial charge in [0, 0.05) is 22.9 Å². The predicted molar refractivity (Wildman–Crippen MR) is 233 cm³/mol. The van der Waals surface area contributed by atoms with Gasteiger partial charge in [-0.05, 0) is 90.7 Å². The van der Waals surface area contributed by atoms with Crippen LogP contribution >= 0.6 is 0 Å². The van der Waals surface area contributed by atoms with Crippen LogP contribution in [-0.2, 0) is 39.9 Å². The lowest BCUT2D eigenvalue weighted by Gasteiger charge is -2.12. The molecule has 0 aromatic heterocycles. The third-order valence-electron chi connectivity index (χ3n) is 9.72. The summed E-state index contributed by atoms with van der Waals surface area (Å²) in [6, 6.07) is 14.0.